The molecule has 1 aromatic heterocycles. The lowest BCUT2D eigenvalue weighted by molar-refractivity contribution is 0.156. The van der Waals surface area contributed by atoms with Crippen molar-refractivity contribution in [2.24, 2.45) is 0 Å². The first-order chi connectivity index (χ1) is 8.66. The van der Waals surface area contributed by atoms with Crippen molar-refractivity contribution in [1.29, 1.82) is 0 Å². The topological polar surface area (TPSA) is 25.2 Å². The summed E-state index contributed by atoms with van der Waals surface area (Å²) in [5.41, 5.74) is 3.19. The third-order valence-corrected chi connectivity index (χ3v) is 4.24. The standard InChI is InChI=1S/C14H13BrClNO/c15-9-4-5-13(11(16)8-9)17-7-6-10-12(17)2-1-3-14(10)18/h4-8,14,18H,1-3H2. The van der Waals surface area contributed by atoms with E-state index in [1.165, 1.54) is 5.69 Å². The minimum atomic E-state index is -0.329. The van der Waals surface area contributed by atoms with Gasteiger partial charge in [0.05, 0.1) is 16.8 Å². The Labute approximate surface area is 119 Å². The highest BCUT2D eigenvalue weighted by Crippen LogP contribution is 2.34. The Balaban J connectivity index is 2.12. The molecule has 0 fully saturated rings. The maximum Gasteiger partial charge on any atom is 0.0807 e. The summed E-state index contributed by atoms with van der Waals surface area (Å²) < 4.78 is 3.06. The maximum atomic E-state index is 9.98. The molecule has 0 saturated carbocycles. The van der Waals surface area contributed by atoms with Gasteiger partial charge in [-0.3, -0.25) is 0 Å². The summed E-state index contributed by atoms with van der Waals surface area (Å²) in [5.74, 6) is 0. The Morgan fingerprint density at radius 1 is 1.33 bits per heavy atom. The molecular formula is C14H13BrClNO. The Bertz CT molecular complexity index is 593. The number of hydrogen-bond donors (Lipinski definition) is 1. The maximum absolute atomic E-state index is 9.98. The van der Waals surface area contributed by atoms with Crippen LogP contribution in [0.4, 0.5) is 0 Å². The van der Waals surface area contributed by atoms with E-state index in [0.717, 1.165) is 35.0 Å². The van der Waals surface area contributed by atoms with E-state index in [1.54, 1.807) is 0 Å². The quantitative estimate of drug-likeness (QED) is 0.832. The van der Waals surface area contributed by atoms with Crippen LogP contribution in [0.2, 0.25) is 5.02 Å². The van der Waals surface area contributed by atoms with Crippen LogP contribution in [0, 0.1) is 0 Å². The molecule has 3 rings (SSSR count). The van der Waals surface area contributed by atoms with Crippen LogP contribution in [-0.4, -0.2) is 9.67 Å². The Hall–Kier alpha value is -0.770. The smallest absolute Gasteiger partial charge is 0.0807 e. The molecule has 1 aromatic carbocycles. The molecule has 94 valence electrons. The highest BCUT2D eigenvalue weighted by molar-refractivity contribution is 9.10. The van der Waals surface area contributed by atoms with Crippen molar-refractivity contribution in [1.82, 2.24) is 4.57 Å². The van der Waals surface area contributed by atoms with Gasteiger partial charge in [-0.1, -0.05) is 27.5 Å². The number of aliphatic hydroxyl groups is 1. The van der Waals surface area contributed by atoms with Gasteiger partial charge in [0.2, 0.25) is 0 Å². The summed E-state index contributed by atoms with van der Waals surface area (Å²) in [6.07, 6.45) is 4.53. The highest BCUT2D eigenvalue weighted by atomic mass is 79.9. The van der Waals surface area contributed by atoms with Gasteiger partial charge >= 0.3 is 0 Å². The third-order valence-electron chi connectivity index (χ3n) is 3.45. The molecule has 1 aliphatic rings. The number of rotatable bonds is 1. The molecule has 0 amide bonds. The Kier molecular flexibility index (Phi) is 3.22. The van der Waals surface area contributed by atoms with Gasteiger partial charge in [0.1, 0.15) is 0 Å². The third kappa shape index (κ3) is 2.00. The number of aromatic nitrogens is 1. The SMILES string of the molecule is OC1CCCc2c1ccn2-c1ccc(Br)cc1Cl. The molecule has 0 saturated heterocycles. The summed E-state index contributed by atoms with van der Waals surface area (Å²) in [6, 6.07) is 7.86. The lowest BCUT2D eigenvalue weighted by Gasteiger charge is -2.20. The molecule has 1 heterocycles. The first-order valence-corrected chi connectivity index (χ1v) is 7.17. The molecule has 2 aromatic rings. The molecule has 18 heavy (non-hydrogen) atoms. The van der Waals surface area contributed by atoms with E-state index in [-0.39, 0.29) is 6.10 Å². The summed E-state index contributed by atoms with van der Waals surface area (Å²) >= 11 is 9.70. The molecular weight excluding hydrogens is 314 g/mol. The molecule has 1 atom stereocenters. The summed E-state index contributed by atoms with van der Waals surface area (Å²) in [7, 11) is 0. The number of nitrogens with zero attached hydrogens (tertiary/aromatic N) is 1. The van der Waals surface area contributed by atoms with Crippen molar-refractivity contribution in [3.8, 4) is 5.69 Å². The van der Waals surface area contributed by atoms with E-state index in [2.05, 4.69) is 20.5 Å². The fourth-order valence-electron chi connectivity index (χ4n) is 2.57. The van der Waals surface area contributed by atoms with Crippen molar-refractivity contribution >= 4 is 27.5 Å². The van der Waals surface area contributed by atoms with Crippen LogP contribution < -0.4 is 0 Å². The Morgan fingerprint density at radius 3 is 2.94 bits per heavy atom. The first kappa shape index (κ1) is 12.3. The minimum Gasteiger partial charge on any atom is -0.388 e. The second-order valence-corrected chi connectivity index (χ2v) is 5.91. The summed E-state index contributed by atoms with van der Waals surface area (Å²) in [5, 5.41) is 10.7. The molecule has 1 unspecified atom stereocenters. The van der Waals surface area contributed by atoms with Gasteiger partial charge in [0.15, 0.2) is 0 Å². The van der Waals surface area contributed by atoms with Crippen molar-refractivity contribution in [2.45, 2.75) is 25.4 Å². The lowest BCUT2D eigenvalue weighted by atomic mass is 9.95. The molecule has 0 bridgehead atoms. The molecule has 4 heteroatoms. The van der Waals surface area contributed by atoms with Crippen LogP contribution in [0.15, 0.2) is 34.9 Å². The highest BCUT2D eigenvalue weighted by Gasteiger charge is 2.22. The molecule has 0 radical (unpaired) electrons. The molecule has 0 aliphatic heterocycles. The van der Waals surface area contributed by atoms with Gasteiger partial charge in [-0.05, 0) is 43.5 Å². The Morgan fingerprint density at radius 2 is 2.17 bits per heavy atom. The molecule has 0 spiro atoms. The normalized spacial score (nSPS) is 18.7. The zero-order chi connectivity index (χ0) is 12.7. The largest absolute Gasteiger partial charge is 0.388 e. The van der Waals surface area contributed by atoms with Gasteiger partial charge < -0.3 is 9.67 Å². The van der Waals surface area contributed by atoms with Crippen LogP contribution >= 0.6 is 27.5 Å². The number of benzene rings is 1. The van der Waals surface area contributed by atoms with Crippen LogP contribution in [-0.2, 0) is 6.42 Å². The second-order valence-electron chi connectivity index (χ2n) is 4.59. The zero-order valence-corrected chi connectivity index (χ0v) is 12.1. The van der Waals surface area contributed by atoms with Gasteiger partial charge in [0, 0.05) is 21.9 Å². The van der Waals surface area contributed by atoms with Gasteiger partial charge in [-0.25, -0.2) is 0 Å². The van der Waals surface area contributed by atoms with Crippen LogP contribution in [0.1, 0.15) is 30.2 Å². The van der Waals surface area contributed by atoms with Crippen LogP contribution in [0.3, 0.4) is 0 Å². The predicted molar refractivity (Wildman–Crippen MR) is 76.4 cm³/mol. The predicted octanol–water partition coefficient (Wildman–Crippen LogP) is 4.26. The van der Waals surface area contributed by atoms with E-state index in [9.17, 15) is 5.11 Å². The van der Waals surface area contributed by atoms with E-state index >= 15 is 0 Å². The van der Waals surface area contributed by atoms with Crippen molar-refractivity contribution in [2.75, 3.05) is 0 Å². The average molecular weight is 327 g/mol. The van der Waals surface area contributed by atoms with E-state index in [0.29, 0.717) is 5.02 Å². The minimum absolute atomic E-state index is 0.329. The summed E-state index contributed by atoms with van der Waals surface area (Å²) in [6.45, 7) is 0. The van der Waals surface area contributed by atoms with E-state index in [1.807, 2.05) is 30.5 Å². The van der Waals surface area contributed by atoms with Gasteiger partial charge in [-0.2, -0.15) is 0 Å². The molecule has 2 nitrogen and oxygen atoms in total. The molecule has 1 aliphatic carbocycles. The first-order valence-electron chi connectivity index (χ1n) is 6.00. The van der Waals surface area contributed by atoms with Crippen molar-refractivity contribution in [3.05, 3.63) is 51.2 Å². The van der Waals surface area contributed by atoms with Crippen molar-refractivity contribution in [3.63, 3.8) is 0 Å². The number of halogens is 2. The number of fused-ring (bicyclic) bond motifs is 1. The zero-order valence-electron chi connectivity index (χ0n) is 9.74. The fraction of sp³-hybridized carbons (Fsp3) is 0.286. The van der Waals surface area contributed by atoms with E-state index < -0.39 is 0 Å². The fourth-order valence-corrected chi connectivity index (χ4v) is 3.33. The number of hydrogen-bond acceptors (Lipinski definition) is 1. The summed E-state index contributed by atoms with van der Waals surface area (Å²) in [4.78, 5) is 0. The second kappa shape index (κ2) is 4.72. The van der Waals surface area contributed by atoms with E-state index in [4.69, 9.17) is 11.6 Å². The molecule has 1 N–H and O–H groups in total. The van der Waals surface area contributed by atoms with Crippen molar-refractivity contribution < 1.29 is 5.11 Å². The monoisotopic (exact) mass is 325 g/mol. The lowest BCUT2D eigenvalue weighted by Crippen LogP contribution is -2.11. The number of aliphatic hydroxyl groups excluding tert-OH is 1. The average Bonchev–Trinajstić information content (AvgIpc) is 2.74. The van der Waals surface area contributed by atoms with Gasteiger partial charge in [-0.15, -0.1) is 0 Å². The van der Waals surface area contributed by atoms with Gasteiger partial charge in [0.25, 0.3) is 0 Å². The van der Waals surface area contributed by atoms with Crippen LogP contribution in [0.25, 0.3) is 5.69 Å². The van der Waals surface area contributed by atoms with Crippen LogP contribution in [0.5, 0.6) is 0 Å².